The quantitative estimate of drug-likeness (QED) is 0.305. The van der Waals surface area contributed by atoms with Crippen LogP contribution in [0.3, 0.4) is 0 Å². The van der Waals surface area contributed by atoms with Crippen molar-refractivity contribution in [1.29, 1.82) is 0 Å². The number of benzene rings is 2. The van der Waals surface area contributed by atoms with Crippen molar-refractivity contribution in [3.63, 3.8) is 0 Å². The first-order valence-corrected chi connectivity index (χ1v) is 11.4. The summed E-state index contributed by atoms with van der Waals surface area (Å²) in [4.78, 5) is 25.4. The Morgan fingerprint density at radius 2 is 1.74 bits per heavy atom. The molecule has 4 rings (SSSR count). The molecule has 34 heavy (non-hydrogen) atoms. The van der Waals surface area contributed by atoms with E-state index in [0.717, 1.165) is 42.3 Å². The summed E-state index contributed by atoms with van der Waals surface area (Å²) in [5.41, 5.74) is 2.12. The minimum absolute atomic E-state index is 0.172. The Bertz CT molecular complexity index is 1220. The predicted octanol–water partition coefficient (Wildman–Crippen LogP) is 5.54. The molecule has 0 radical (unpaired) electrons. The summed E-state index contributed by atoms with van der Waals surface area (Å²) in [6.07, 6.45) is 8.44. The fourth-order valence-electron chi connectivity index (χ4n) is 3.40. The van der Waals surface area contributed by atoms with Gasteiger partial charge in [-0.3, -0.25) is 9.36 Å². The molecule has 0 spiro atoms. The second-order valence-electron chi connectivity index (χ2n) is 7.84. The minimum Gasteiger partial charge on any atom is -0.494 e. The molecule has 2 aromatic heterocycles. The average Bonchev–Trinajstić information content (AvgIpc) is 3.29. The number of nitrogens with zero attached hydrogens (tertiary/aromatic N) is 4. The molecule has 1 amide bonds. The number of hydrogen-bond donors (Lipinski definition) is 2. The lowest BCUT2D eigenvalue weighted by molar-refractivity contribution is 0.102. The zero-order valence-electron chi connectivity index (χ0n) is 19.4. The van der Waals surface area contributed by atoms with E-state index in [1.165, 1.54) is 6.33 Å². The highest BCUT2D eigenvalue weighted by Crippen LogP contribution is 2.20. The number of carbonyl (C=O) groups excluding carboxylic acids is 1. The van der Waals surface area contributed by atoms with Crippen LogP contribution >= 0.6 is 0 Å². The molecular weight excluding hydrogens is 428 g/mol. The lowest BCUT2D eigenvalue weighted by Gasteiger charge is -2.10. The number of aryl methyl sites for hydroxylation is 1. The number of amides is 1. The second kappa shape index (κ2) is 11.1. The van der Waals surface area contributed by atoms with Crippen molar-refractivity contribution in [3.05, 3.63) is 84.7 Å². The molecule has 8 nitrogen and oxygen atoms in total. The van der Waals surface area contributed by atoms with E-state index in [9.17, 15) is 4.79 Å². The van der Waals surface area contributed by atoms with Gasteiger partial charge in [0.1, 0.15) is 29.5 Å². The van der Waals surface area contributed by atoms with Crippen molar-refractivity contribution >= 4 is 23.1 Å². The third kappa shape index (κ3) is 5.98. The van der Waals surface area contributed by atoms with Gasteiger partial charge in [0.05, 0.1) is 6.61 Å². The van der Waals surface area contributed by atoms with Gasteiger partial charge < -0.3 is 15.4 Å². The summed E-state index contributed by atoms with van der Waals surface area (Å²) < 4.78 is 7.59. The van der Waals surface area contributed by atoms with Gasteiger partial charge in [-0.1, -0.05) is 19.8 Å². The monoisotopic (exact) mass is 456 g/mol. The van der Waals surface area contributed by atoms with Gasteiger partial charge in [0.2, 0.25) is 0 Å². The number of hydrogen-bond acceptors (Lipinski definition) is 6. The second-order valence-corrected chi connectivity index (χ2v) is 7.84. The Balaban J connectivity index is 1.33. The van der Waals surface area contributed by atoms with Gasteiger partial charge in [0, 0.05) is 35.4 Å². The van der Waals surface area contributed by atoms with Crippen molar-refractivity contribution in [2.75, 3.05) is 17.2 Å². The number of aromatic nitrogens is 4. The van der Waals surface area contributed by atoms with Crippen LogP contribution in [0, 0.1) is 6.92 Å². The highest BCUT2D eigenvalue weighted by Gasteiger charge is 2.08. The molecular formula is C26H28N6O2. The molecule has 0 bridgehead atoms. The Labute approximate surface area is 199 Å². The molecule has 0 aliphatic heterocycles. The van der Waals surface area contributed by atoms with Gasteiger partial charge in [0.15, 0.2) is 0 Å². The van der Waals surface area contributed by atoms with Crippen molar-refractivity contribution in [1.82, 2.24) is 19.5 Å². The van der Waals surface area contributed by atoms with Crippen LogP contribution in [0.1, 0.15) is 42.4 Å². The summed E-state index contributed by atoms with van der Waals surface area (Å²) in [7, 11) is 0. The van der Waals surface area contributed by atoms with E-state index in [-0.39, 0.29) is 5.91 Å². The number of carbonyl (C=O) groups is 1. The molecule has 0 fully saturated rings. The summed E-state index contributed by atoms with van der Waals surface area (Å²) in [6.45, 7) is 4.77. The summed E-state index contributed by atoms with van der Waals surface area (Å²) in [5, 5.41) is 6.18. The van der Waals surface area contributed by atoms with Crippen molar-refractivity contribution in [3.8, 4) is 11.6 Å². The SMILES string of the molecule is CCCCCOc1ccc(C(=O)Nc2ccc(Nc3cc(-n4ccnc4C)ncn3)cc2)cc1. The van der Waals surface area contributed by atoms with E-state index in [0.29, 0.717) is 23.7 Å². The summed E-state index contributed by atoms with van der Waals surface area (Å²) >= 11 is 0. The predicted molar refractivity (Wildman–Crippen MR) is 133 cm³/mol. The number of anilines is 3. The molecule has 0 aliphatic carbocycles. The van der Waals surface area contributed by atoms with E-state index < -0.39 is 0 Å². The lowest BCUT2D eigenvalue weighted by Crippen LogP contribution is -2.11. The average molecular weight is 457 g/mol. The van der Waals surface area contributed by atoms with Gasteiger partial charge in [-0.25, -0.2) is 15.0 Å². The third-order valence-electron chi connectivity index (χ3n) is 5.27. The molecule has 0 saturated carbocycles. The topological polar surface area (TPSA) is 94.0 Å². The number of nitrogens with one attached hydrogen (secondary N) is 2. The van der Waals surface area contributed by atoms with Gasteiger partial charge >= 0.3 is 0 Å². The third-order valence-corrected chi connectivity index (χ3v) is 5.27. The smallest absolute Gasteiger partial charge is 0.255 e. The first kappa shape index (κ1) is 23.0. The number of rotatable bonds is 10. The molecule has 8 heteroatoms. The number of imidazole rings is 1. The first-order chi connectivity index (χ1) is 16.6. The van der Waals surface area contributed by atoms with Crippen LogP contribution in [0.25, 0.3) is 5.82 Å². The van der Waals surface area contributed by atoms with E-state index in [2.05, 4.69) is 32.5 Å². The highest BCUT2D eigenvalue weighted by atomic mass is 16.5. The molecule has 2 heterocycles. The van der Waals surface area contributed by atoms with Crippen LogP contribution < -0.4 is 15.4 Å². The largest absolute Gasteiger partial charge is 0.494 e. The number of ether oxygens (including phenoxy) is 1. The van der Waals surface area contributed by atoms with Gasteiger partial charge in [-0.2, -0.15) is 0 Å². The van der Waals surface area contributed by atoms with Gasteiger partial charge in [-0.15, -0.1) is 0 Å². The van der Waals surface area contributed by atoms with E-state index in [1.54, 1.807) is 18.3 Å². The summed E-state index contributed by atoms with van der Waals surface area (Å²) in [6, 6.07) is 16.5. The van der Waals surface area contributed by atoms with Crippen molar-refractivity contribution < 1.29 is 9.53 Å². The van der Waals surface area contributed by atoms with Gasteiger partial charge in [0.25, 0.3) is 5.91 Å². The van der Waals surface area contributed by atoms with Crippen molar-refractivity contribution in [2.24, 2.45) is 0 Å². The maximum absolute atomic E-state index is 12.6. The molecule has 4 aromatic rings. The van der Waals surface area contributed by atoms with Crippen LogP contribution in [0.4, 0.5) is 17.2 Å². The molecule has 0 unspecified atom stereocenters. The first-order valence-electron chi connectivity index (χ1n) is 11.4. The fraction of sp³-hybridized carbons (Fsp3) is 0.231. The minimum atomic E-state index is -0.172. The Morgan fingerprint density at radius 3 is 2.44 bits per heavy atom. The Kier molecular flexibility index (Phi) is 7.49. The van der Waals surface area contributed by atoms with Crippen LogP contribution in [0.2, 0.25) is 0 Å². The van der Waals surface area contributed by atoms with Gasteiger partial charge in [-0.05, 0) is 61.9 Å². The highest BCUT2D eigenvalue weighted by molar-refractivity contribution is 6.04. The van der Waals surface area contributed by atoms with E-state index >= 15 is 0 Å². The van der Waals surface area contributed by atoms with E-state index in [1.807, 2.05) is 60.2 Å². The zero-order valence-corrected chi connectivity index (χ0v) is 19.4. The molecule has 0 aliphatic rings. The maximum atomic E-state index is 12.6. The standard InChI is InChI=1S/C26H28N6O2/c1-3-4-5-16-34-23-12-6-20(7-13-23)26(33)31-22-10-8-21(9-11-22)30-24-17-25(29-18-28-24)32-15-14-27-19(32)2/h6-15,17-18H,3-5,16H2,1-2H3,(H,31,33)(H,28,29,30). The normalized spacial score (nSPS) is 10.6. The van der Waals surface area contributed by atoms with E-state index in [4.69, 9.17) is 4.74 Å². The molecule has 2 N–H and O–H groups in total. The summed E-state index contributed by atoms with van der Waals surface area (Å²) in [5.74, 6) is 2.84. The Hall–Kier alpha value is -4.20. The van der Waals surface area contributed by atoms with Crippen LogP contribution in [0.5, 0.6) is 5.75 Å². The Morgan fingerprint density at radius 1 is 0.971 bits per heavy atom. The zero-order chi connectivity index (χ0) is 23.8. The molecule has 174 valence electrons. The maximum Gasteiger partial charge on any atom is 0.255 e. The van der Waals surface area contributed by atoms with Crippen molar-refractivity contribution in [2.45, 2.75) is 33.1 Å². The lowest BCUT2D eigenvalue weighted by atomic mass is 10.2. The molecule has 0 atom stereocenters. The van der Waals surface area contributed by atoms with Crippen LogP contribution in [-0.4, -0.2) is 32.0 Å². The number of unbranched alkanes of at least 4 members (excludes halogenated alkanes) is 2. The fourth-order valence-corrected chi connectivity index (χ4v) is 3.40. The van der Waals surface area contributed by atoms with Crippen LogP contribution in [0.15, 0.2) is 73.3 Å². The van der Waals surface area contributed by atoms with Crippen LogP contribution in [-0.2, 0) is 0 Å². The molecule has 2 aromatic carbocycles. The molecule has 0 saturated heterocycles.